The maximum absolute atomic E-state index is 4.68. The van der Waals surface area contributed by atoms with Crippen LogP contribution >= 0.6 is 22.6 Å². The lowest BCUT2D eigenvalue weighted by Gasteiger charge is -2.13. The fraction of sp³-hybridized carbons (Fsp3) is 0.467. The summed E-state index contributed by atoms with van der Waals surface area (Å²) in [4.78, 5) is 4.47. The molecule has 1 aromatic carbocycles. The molecule has 0 spiro atoms. The number of nitrogens with zero attached hydrogens (tertiary/aromatic N) is 3. The van der Waals surface area contributed by atoms with Crippen LogP contribution in [-0.4, -0.2) is 14.8 Å². The molecule has 1 aromatic heterocycles. The van der Waals surface area contributed by atoms with E-state index >= 15 is 0 Å². The second kappa shape index (κ2) is 6.03. The Morgan fingerprint density at radius 1 is 1.00 bits per heavy atom. The third-order valence-corrected chi connectivity index (χ3v) is 4.53. The molecule has 3 rings (SSSR count). The second-order valence-electron chi connectivity index (χ2n) is 5.20. The number of hydrogen-bond acceptors (Lipinski definition) is 2. The first-order chi connectivity index (χ1) is 9.33. The molecule has 100 valence electrons. The molecule has 3 nitrogen and oxygen atoms in total. The molecule has 1 saturated carbocycles. The maximum Gasteiger partial charge on any atom is 0.181 e. The van der Waals surface area contributed by atoms with Crippen molar-refractivity contribution in [1.82, 2.24) is 14.8 Å². The summed E-state index contributed by atoms with van der Waals surface area (Å²) >= 11 is 2.31. The highest BCUT2D eigenvalue weighted by atomic mass is 127. The Labute approximate surface area is 127 Å². The third kappa shape index (κ3) is 3.16. The molecule has 0 amide bonds. The standard InChI is InChI=1S/C15H18IN3/c16-13-9-7-12(8-10-13)15-17-11-19(18-15)14-5-3-1-2-4-6-14/h7-11,14H,1-6H2. The summed E-state index contributed by atoms with van der Waals surface area (Å²) in [5, 5.41) is 4.68. The molecule has 1 fully saturated rings. The van der Waals surface area contributed by atoms with E-state index in [4.69, 9.17) is 0 Å². The first-order valence-electron chi connectivity index (χ1n) is 7.00. The van der Waals surface area contributed by atoms with E-state index < -0.39 is 0 Å². The zero-order valence-electron chi connectivity index (χ0n) is 10.9. The van der Waals surface area contributed by atoms with Crippen molar-refractivity contribution in [3.63, 3.8) is 0 Å². The van der Waals surface area contributed by atoms with Gasteiger partial charge in [-0.15, -0.1) is 0 Å². The van der Waals surface area contributed by atoms with Crippen molar-refractivity contribution in [3.05, 3.63) is 34.2 Å². The summed E-state index contributed by atoms with van der Waals surface area (Å²) in [5.74, 6) is 0.848. The van der Waals surface area contributed by atoms with E-state index in [-0.39, 0.29) is 0 Å². The van der Waals surface area contributed by atoms with Gasteiger partial charge in [0.15, 0.2) is 5.82 Å². The quantitative estimate of drug-likeness (QED) is 0.580. The van der Waals surface area contributed by atoms with Crippen molar-refractivity contribution in [2.45, 2.75) is 44.6 Å². The molecule has 1 aliphatic rings. The van der Waals surface area contributed by atoms with E-state index in [2.05, 4.69) is 61.6 Å². The molecule has 0 bridgehead atoms. The second-order valence-corrected chi connectivity index (χ2v) is 6.45. The lowest BCUT2D eigenvalue weighted by atomic mass is 10.1. The van der Waals surface area contributed by atoms with Crippen molar-refractivity contribution >= 4 is 22.6 Å². The molecule has 2 aromatic rings. The minimum atomic E-state index is 0.549. The van der Waals surface area contributed by atoms with Gasteiger partial charge in [-0.25, -0.2) is 9.67 Å². The van der Waals surface area contributed by atoms with Crippen molar-refractivity contribution in [2.75, 3.05) is 0 Å². The molecule has 0 radical (unpaired) electrons. The van der Waals surface area contributed by atoms with Gasteiger partial charge in [-0.2, -0.15) is 5.10 Å². The fourth-order valence-electron chi connectivity index (χ4n) is 2.70. The zero-order chi connectivity index (χ0) is 13.1. The normalized spacial score (nSPS) is 17.3. The highest BCUT2D eigenvalue weighted by Crippen LogP contribution is 2.27. The zero-order valence-corrected chi connectivity index (χ0v) is 13.1. The Bertz CT molecular complexity index is 525. The molecule has 0 saturated heterocycles. The van der Waals surface area contributed by atoms with Crippen molar-refractivity contribution in [1.29, 1.82) is 0 Å². The van der Waals surface area contributed by atoms with E-state index in [1.807, 2.05) is 6.33 Å². The molecular weight excluding hydrogens is 349 g/mol. The number of hydrogen-bond donors (Lipinski definition) is 0. The Hall–Kier alpha value is -0.910. The maximum atomic E-state index is 4.68. The van der Waals surface area contributed by atoms with Crippen LogP contribution < -0.4 is 0 Å². The van der Waals surface area contributed by atoms with Crippen LogP contribution in [0.3, 0.4) is 0 Å². The summed E-state index contributed by atoms with van der Waals surface area (Å²) in [7, 11) is 0. The van der Waals surface area contributed by atoms with Crippen LogP contribution in [-0.2, 0) is 0 Å². The first-order valence-corrected chi connectivity index (χ1v) is 8.08. The lowest BCUT2D eigenvalue weighted by Crippen LogP contribution is -2.08. The molecule has 0 unspecified atom stereocenters. The summed E-state index contributed by atoms with van der Waals surface area (Å²) < 4.78 is 3.32. The number of rotatable bonds is 2. The van der Waals surface area contributed by atoms with Crippen LogP contribution in [0.5, 0.6) is 0 Å². The first kappa shape index (κ1) is 13.1. The van der Waals surface area contributed by atoms with E-state index in [0.29, 0.717) is 6.04 Å². The van der Waals surface area contributed by atoms with Crippen LogP contribution in [0.2, 0.25) is 0 Å². The van der Waals surface area contributed by atoms with Gasteiger partial charge in [0, 0.05) is 9.13 Å². The molecule has 19 heavy (non-hydrogen) atoms. The number of aromatic nitrogens is 3. The Morgan fingerprint density at radius 3 is 2.37 bits per heavy atom. The van der Waals surface area contributed by atoms with Gasteiger partial charge >= 0.3 is 0 Å². The minimum absolute atomic E-state index is 0.549. The predicted octanol–water partition coefficient (Wildman–Crippen LogP) is 4.45. The summed E-state index contributed by atoms with van der Waals surface area (Å²) in [6.45, 7) is 0. The predicted molar refractivity (Wildman–Crippen MR) is 84.9 cm³/mol. The molecule has 0 aliphatic heterocycles. The topological polar surface area (TPSA) is 30.7 Å². The fourth-order valence-corrected chi connectivity index (χ4v) is 3.06. The van der Waals surface area contributed by atoms with Crippen molar-refractivity contribution in [3.8, 4) is 11.4 Å². The van der Waals surface area contributed by atoms with Crippen molar-refractivity contribution < 1.29 is 0 Å². The summed E-state index contributed by atoms with van der Waals surface area (Å²) in [6, 6.07) is 8.93. The molecule has 0 atom stereocenters. The van der Waals surface area contributed by atoms with Crippen LogP contribution in [0.4, 0.5) is 0 Å². The van der Waals surface area contributed by atoms with E-state index in [1.165, 1.54) is 42.1 Å². The van der Waals surface area contributed by atoms with Gasteiger partial charge in [0.05, 0.1) is 6.04 Å². The minimum Gasteiger partial charge on any atom is -0.249 e. The Balaban J connectivity index is 1.80. The van der Waals surface area contributed by atoms with Gasteiger partial charge in [-0.3, -0.25) is 0 Å². The van der Waals surface area contributed by atoms with Crippen LogP contribution in [0.1, 0.15) is 44.6 Å². The third-order valence-electron chi connectivity index (χ3n) is 3.81. The van der Waals surface area contributed by atoms with Crippen molar-refractivity contribution in [2.24, 2.45) is 0 Å². The number of halogens is 1. The van der Waals surface area contributed by atoms with Gasteiger partial charge < -0.3 is 0 Å². The monoisotopic (exact) mass is 367 g/mol. The average molecular weight is 367 g/mol. The Kier molecular flexibility index (Phi) is 4.15. The molecule has 1 heterocycles. The molecular formula is C15H18IN3. The van der Waals surface area contributed by atoms with E-state index in [1.54, 1.807) is 0 Å². The summed E-state index contributed by atoms with van der Waals surface area (Å²) in [6.07, 6.45) is 9.78. The SMILES string of the molecule is Ic1ccc(-c2ncn(C3CCCCCC3)n2)cc1. The number of benzene rings is 1. The average Bonchev–Trinajstić information content (AvgIpc) is 2.76. The summed E-state index contributed by atoms with van der Waals surface area (Å²) in [5.41, 5.74) is 1.10. The van der Waals surface area contributed by atoms with Crippen LogP contribution in [0.25, 0.3) is 11.4 Å². The highest BCUT2D eigenvalue weighted by Gasteiger charge is 2.16. The van der Waals surface area contributed by atoms with Gasteiger partial charge in [0.1, 0.15) is 6.33 Å². The lowest BCUT2D eigenvalue weighted by molar-refractivity contribution is 0.405. The molecule has 4 heteroatoms. The Morgan fingerprint density at radius 2 is 1.68 bits per heavy atom. The van der Waals surface area contributed by atoms with Crippen LogP contribution in [0, 0.1) is 3.57 Å². The largest absolute Gasteiger partial charge is 0.249 e. The molecule has 1 aliphatic carbocycles. The van der Waals surface area contributed by atoms with Crippen LogP contribution in [0.15, 0.2) is 30.6 Å². The van der Waals surface area contributed by atoms with Gasteiger partial charge in [0.2, 0.25) is 0 Å². The highest BCUT2D eigenvalue weighted by molar-refractivity contribution is 14.1. The smallest absolute Gasteiger partial charge is 0.181 e. The van der Waals surface area contributed by atoms with E-state index in [9.17, 15) is 0 Å². The van der Waals surface area contributed by atoms with Gasteiger partial charge in [0.25, 0.3) is 0 Å². The van der Waals surface area contributed by atoms with Gasteiger partial charge in [-0.05, 0) is 47.6 Å². The van der Waals surface area contributed by atoms with E-state index in [0.717, 1.165) is 11.4 Å². The molecule has 0 N–H and O–H groups in total. The van der Waals surface area contributed by atoms with Gasteiger partial charge in [-0.1, -0.05) is 37.8 Å².